The summed E-state index contributed by atoms with van der Waals surface area (Å²) in [7, 11) is 0. The normalized spacial score (nSPS) is 11.5. The highest BCUT2D eigenvalue weighted by molar-refractivity contribution is 6.39. The van der Waals surface area contributed by atoms with Crippen LogP contribution in [0.2, 0.25) is 0 Å². The summed E-state index contributed by atoms with van der Waals surface area (Å²) >= 11 is 0. The minimum Gasteiger partial charge on any atom is -0.347 e. The van der Waals surface area contributed by atoms with Crippen molar-refractivity contribution in [2.24, 2.45) is 0 Å². The molecule has 1 aromatic heterocycles. The molecular weight excluding hydrogens is 278 g/mol. The lowest BCUT2D eigenvalue weighted by atomic mass is 9.99. The van der Waals surface area contributed by atoms with Crippen molar-refractivity contribution >= 4 is 17.5 Å². The van der Waals surface area contributed by atoms with Gasteiger partial charge in [-0.05, 0) is 30.5 Å². The first-order valence-electron chi connectivity index (χ1n) is 7.12. The van der Waals surface area contributed by atoms with E-state index in [-0.39, 0.29) is 5.92 Å². The Balaban J connectivity index is 1.85. The van der Waals surface area contributed by atoms with Gasteiger partial charge in [-0.15, -0.1) is 0 Å². The number of pyridine rings is 1. The fourth-order valence-corrected chi connectivity index (χ4v) is 2.05. The second-order valence-corrected chi connectivity index (χ2v) is 5.22. The number of hydrogen-bond acceptors (Lipinski definition) is 3. The van der Waals surface area contributed by atoms with Gasteiger partial charge in [0.1, 0.15) is 0 Å². The maximum Gasteiger partial charge on any atom is 0.313 e. The minimum atomic E-state index is -0.690. The molecule has 2 N–H and O–H groups in total. The highest BCUT2D eigenvalue weighted by Gasteiger charge is 2.15. The molecule has 0 bridgehead atoms. The van der Waals surface area contributed by atoms with Gasteiger partial charge in [0.2, 0.25) is 0 Å². The zero-order valence-electron chi connectivity index (χ0n) is 12.7. The highest BCUT2D eigenvalue weighted by Crippen LogP contribution is 2.15. The molecule has 2 aromatic rings. The van der Waals surface area contributed by atoms with Crippen LogP contribution in [0.3, 0.4) is 0 Å². The third kappa shape index (κ3) is 4.41. The number of rotatable bonds is 4. The molecule has 5 heteroatoms. The summed E-state index contributed by atoms with van der Waals surface area (Å²) in [4.78, 5) is 27.4. The Morgan fingerprint density at radius 2 is 2.00 bits per heavy atom. The molecule has 5 nitrogen and oxygen atoms in total. The van der Waals surface area contributed by atoms with Crippen molar-refractivity contribution in [2.75, 3.05) is 11.9 Å². The molecule has 0 spiro atoms. The first-order valence-corrected chi connectivity index (χ1v) is 7.12. The number of benzene rings is 1. The zero-order chi connectivity index (χ0) is 15.9. The first kappa shape index (κ1) is 15.7. The zero-order valence-corrected chi connectivity index (χ0v) is 12.7. The molecule has 0 saturated carbocycles. The van der Waals surface area contributed by atoms with Crippen LogP contribution in [0.5, 0.6) is 0 Å². The van der Waals surface area contributed by atoms with E-state index in [1.54, 1.807) is 18.3 Å². The summed E-state index contributed by atoms with van der Waals surface area (Å²) in [5, 5.41) is 5.15. The Hall–Kier alpha value is -2.69. The van der Waals surface area contributed by atoms with Crippen LogP contribution in [0.4, 0.5) is 5.69 Å². The molecule has 2 rings (SSSR count). The van der Waals surface area contributed by atoms with Crippen molar-refractivity contribution in [3.8, 4) is 0 Å². The molecule has 2 amide bonds. The third-order valence-corrected chi connectivity index (χ3v) is 3.31. The Morgan fingerprint density at radius 1 is 1.18 bits per heavy atom. The van der Waals surface area contributed by atoms with Gasteiger partial charge in [0.25, 0.3) is 0 Å². The maximum absolute atomic E-state index is 11.8. The van der Waals surface area contributed by atoms with Crippen molar-refractivity contribution in [1.29, 1.82) is 0 Å². The summed E-state index contributed by atoms with van der Waals surface area (Å²) in [5.41, 5.74) is 2.80. The van der Waals surface area contributed by atoms with E-state index in [4.69, 9.17) is 0 Å². The molecule has 1 aromatic carbocycles. The number of hydrogen-bond donors (Lipinski definition) is 2. The van der Waals surface area contributed by atoms with Crippen molar-refractivity contribution in [1.82, 2.24) is 10.3 Å². The van der Waals surface area contributed by atoms with E-state index >= 15 is 0 Å². The molecule has 22 heavy (non-hydrogen) atoms. The molecule has 114 valence electrons. The fourth-order valence-electron chi connectivity index (χ4n) is 2.05. The fraction of sp³-hybridized carbons (Fsp3) is 0.235. The summed E-state index contributed by atoms with van der Waals surface area (Å²) < 4.78 is 0. The molecule has 0 aliphatic rings. The number of carbonyl (C=O) groups excluding carboxylic acids is 2. The summed E-state index contributed by atoms with van der Waals surface area (Å²) in [5.74, 6) is -1.21. The van der Waals surface area contributed by atoms with Gasteiger partial charge in [0, 0.05) is 12.7 Å². The third-order valence-electron chi connectivity index (χ3n) is 3.31. The Kier molecular flexibility index (Phi) is 5.25. The molecule has 0 unspecified atom stereocenters. The van der Waals surface area contributed by atoms with Crippen LogP contribution in [0.15, 0.2) is 48.8 Å². The second kappa shape index (κ2) is 7.36. The van der Waals surface area contributed by atoms with Crippen molar-refractivity contribution in [2.45, 2.75) is 19.8 Å². The van der Waals surface area contributed by atoms with Crippen LogP contribution >= 0.6 is 0 Å². The van der Waals surface area contributed by atoms with Gasteiger partial charge >= 0.3 is 11.8 Å². The maximum atomic E-state index is 11.8. The van der Waals surface area contributed by atoms with E-state index < -0.39 is 11.8 Å². The van der Waals surface area contributed by atoms with E-state index in [1.807, 2.05) is 32.0 Å². The standard InChI is InChI=1S/C17H19N3O2/c1-12-5-3-6-14(9-12)13(2)10-19-16(21)17(22)20-15-7-4-8-18-11-15/h3-9,11,13H,10H2,1-2H3,(H,19,21)(H,20,22)/t13-/m1/s1. The topological polar surface area (TPSA) is 71.1 Å². The van der Waals surface area contributed by atoms with E-state index in [2.05, 4.69) is 21.7 Å². The van der Waals surface area contributed by atoms with Crippen LogP contribution in [0, 0.1) is 6.92 Å². The number of carbonyl (C=O) groups is 2. The average Bonchev–Trinajstić information content (AvgIpc) is 2.53. The highest BCUT2D eigenvalue weighted by atomic mass is 16.2. The lowest BCUT2D eigenvalue weighted by molar-refractivity contribution is -0.136. The number of amides is 2. The lowest BCUT2D eigenvalue weighted by Gasteiger charge is -2.13. The van der Waals surface area contributed by atoms with Gasteiger partial charge in [-0.3, -0.25) is 14.6 Å². The number of nitrogens with one attached hydrogen (secondary N) is 2. The summed E-state index contributed by atoms with van der Waals surface area (Å²) in [6, 6.07) is 11.5. The molecule has 0 aliphatic carbocycles. The molecule has 0 aliphatic heterocycles. The van der Waals surface area contributed by atoms with Crippen LogP contribution in [0.1, 0.15) is 24.0 Å². The van der Waals surface area contributed by atoms with Crippen LogP contribution < -0.4 is 10.6 Å². The van der Waals surface area contributed by atoms with Gasteiger partial charge in [-0.1, -0.05) is 36.8 Å². The van der Waals surface area contributed by atoms with Crippen LogP contribution in [-0.2, 0) is 9.59 Å². The van der Waals surface area contributed by atoms with Gasteiger partial charge in [0.05, 0.1) is 11.9 Å². The molecule has 0 fully saturated rings. The SMILES string of the molecule is Cc1cccc([C@H](C)CNC(=O)C(=O)Nc2cccnc2)c1. The molecule has 0 radical (unpaired) electrons. The Bertz CT molecular complexity index is 656. The van der Waals surface area contributed by atoms with Crippen LogP contribution in [0.25, 0.3) is 0 Å². The van der Waals surface area contributed by atoms with Gasteiger partial charge in [0.15, 0.2) is 0 Å². The van der Waals surface area contributed by atoms with Gasteiger partial charge in [-0.25, -0.2) is 0 Å². The number of anilines is 1. The average molecular weight is 297 g/mol. The smallest absolute Gasteiger partial charge is 0.313 e. The van der Waals surface area contributed by atoms with Gasteiger partial charge in [-0.2, -0.15) is 0 Å². The monoisotopic (exact) mass is 297 g/mol. The minimum absolute atomic E-state index is 0.134. The first-order chi connectivity index (χ1) is 10.6. The largest absolute Gasteiger partial charge is 0.347 e. The quantitative estimate of drug-likeness (QED) is 0.850. The summed E-state index contributed by atoms with van der Waals surface area (Å²) in [6.07, 6.45) is 3.08. The van der Waals surface area contributed by atoms with Crippen molar-refractivity contribution in [3.05, 3.63) is 59.9 Å². The second-order valence-electron chi connectivity index (χ2n) is 5.22. The predicted octanol–water partition coefficient (Wildman–Crippen LogP) is 2.25. The number of aryl methyl sites for hydroxylation is 1. The van der Waals surface area contributed by atoms with E-state index in [0.29, 0.717) is 12.2 Å². The summed E-state index contributed by atoms with van der Waals surface area (Å²) in [6.45, 7) is 4.44. The van der Waals surface area contributed by atoms with Crippen molar-refractivity contribution in [3.63, 3.8) is 0 Å². The lowest BCUT2D eigenvalue weighted by Crippen LogP contribution is -2.37. The Morgan fingerprint density at radius 3 is 2.68 bits per heavy atom. The predicted molar refractivity (Wildman–Crippen MR) is 85.5 cm³/mol. The van der Waals surface area contributed by atoms with E-state index in [1.165, 1.54) is 11.8 Å². The molecule has 1 atom stereocenters. The number of nitrogens with zero attached hydrogens (tertiary/aromatic N) is 1. The number of aromatic nitrogens is 1. The Labute approximate surface area is 129 Å². The van der Waals surface area contributed by atoms with E-state index in [9.17, 15) is 9.59 Å². The van der Waals surface area contributed by atoms with Gasteiger partial charge < -0.3 is 10.6 Å². The van der Waals surface area contributed by atoms with Crippen molar-refractivity contribution < 1.29 is 9.59 Å². The molecule has 0 saturated heterocycles. The molecular formula is C17H19N3O2. The van der Waals surface area contributed by atoms with E-state index in [0.717, 1.165) is 5.56 Å². The van der Waals surface area contributed by atoms with Crippen LogP contribution in [-0.4, -0.2) is 23.3 Å². The molecule has 1 heterocycles.